The Bertz CT molecular complexity index is 1300. The van der Waals surface area contributed by atoms with Gasteiger partial charge in [0.25, 0.3) is 0 Å². The first kappa shape index (κ1) is 27.6. The van der Waals surface area contributed by atoms with E-state index in [2.05, 4.69) is 5.43 Å². The number of imidazole rings is 1. The third kappa shape index (κ3) is 6.11. The van der Waals surface area contributed by atoms with E-state index in [-0.39, 0.29) is 11.8 Å². The summed E-state index contributed by atoms with van der Waals surface area (Å²) in [5, 5.41) is 2.75. The molecule has 2 aliphatic rings. The Kier molecular flexibility index (Phi) is 8.23. The van der Waals surface area contributed by atoms with Crippen LogP contribution in [0.1, 0.15) is 50.8 Å². The average molecular weight is 558 g/mol. The third-order valence-electron chi connectivity index (χ3n) is 7.81. The molecule has 0 unspecified atom stereocenters. The number of carbonyl (C=O) groups excluding carboxylic acids is 1. The van der Waals surface area contributed by atoms with Crippen LogP contribution in [0, 0.1) is 23.4 Å². The van der Waals surface area contributed by atoms with Crippen LogP contribution in [0.15, 0.2) is 53.8 Å². The second-order valence-corrected chi connectivity index (χ2v) is 11.8. The van der Waals surface area contributed by atoms with Gasteiger partial charge in [-0.3, -0.25) is 9.99 Å². The monoisotopic (exact) mass is 557 g/mol. The molecule has 39 heavy (non-hydrogen) atoms. The lowest BCUT2D eigenvalue weighted by atomic mass is 9.81. The van der Waals surface area contributed by atoms with Gasteiger partial charge in [0.2, 0.25) is 0 Å². The fraction of sp³-hybridized carbons (Fsp3) is 0.448. The van der Waals surface area contributed by atoms with Crippen molar-refractivity contribution in [2.75, 3.05) is 31.9 Å². The molecular formula is C29H34F3N5OS. The number of benzene rings is 2. The molecule has 2 aliphatic heterocycles. The first-order chi connectivity index (χ1) is 18.7. The highest BCUT2D eigenvalue weighted by Crippen LogP contribution is 2.37. The number of rotatable bonds is 7. The van der Waals surface area contributed by atoms with E-state index in [9.17, 15) is 18.0 Å². The summed E-state index contributed by atoms with van der Waals surface area (Å²) in [5.41, 5.74) is 4.46. The average Bonchev–Trinajstić information content (AvgIpc) is 3.60. The maximum absolute atomic E-state index is 14.1. The minimum Gasteiger partial charge on any atom is -0.324 e. The van der Waals surface area contributed by atoms with Crippen LogP contribution in [-0.4, -0.2) is 57.4 Å². The summed E-state index contributed by atoms with van der Waals surface area (Å²) in [4.78, 5) is 19.2. The Morgan fingerprint density at radius 3 is 2.36 bits per heavy atom. The van der Waals surface area contributed by atoms with Crippen molar-refractivity contribution in [3.63, 3.8) is 0 Å². The lowest BCUT2D eigenvalue weighted by Crippen LogP contribution is -2.50. The molecule has 0 atom stereocenters. The van der Waals surface area contributed by atoms with E-state index >= 15 is 0 Å². The van der Waals surface area contributed by atoms with Crippen LogP contribution in [0.25, 0.3) is 5.69 Å². The quantitative estimate of drug-likeness (QED) is 0.355. The number of amides is 2. The molecule has 1 aromatic heterocycles. The largest absolute Gasteiger partial charge is 0.331 e. The van der Waals surface area contributed by atoms with Gasteiger partial charge in [-0.1, -0.05) is 31.7 Å². The molecule has 2 saturated heterocycles. The third-order valence-corrected chi connectivity index (χ3v) is 8.99. The molecule has 0 spiro atoms. The number of nitrogens with one attached hydrogen (secondary N) is 1. The fourth-order valence-electron chi connectivity index (χ4n) is 5.28. The number of carbonyl (C=O) groups is 1. The van der Waals surface area contributed by atoms with Gasteiger partial charge < -0.3 is 4.90 Å². The van der Waals surface area contributed by atoms with Crippen molar-refractivity contribution in [1.82, 2.24) is 24.9 Å². The molecule has 208 valence electrons. The van der Waals surface area contributed by atoms with Crippen molar-refractivity contribution in [2.24, 2.45) is 5.92 Å². The maximum Gasteiger partial charge on any atom is 0.331 e. The van der Waals surface area contributed by atoms with E-state index in [1.54, 1.807) is 36.2 Å². The van der Waals surface area contributed by atoms with Gasteiger partial charge in [0.1, 0.15) is 5.82 Å². The van der Waals surface area contributed by atoms with Crippen LogP contribution in [0.5, 0.6) is 0 Å². The highest BCUT2D eigenvalue weighted by Gasteiger charge is 2.31. The second-order valence-electron chi connectivity index (χ2n) is 10.8. The van der Waals surface area contributed by atoms with E-state index in [0.29, 0.717) is 24.6 Å². The summed E-state index contributed by atoms with van der Waals surface area (Å²) < 4.78 is 43.5. The number of aromatic nitrogens is 2. The highest BCUT2D eigenvalue weighted by atomic mass is 32.2. The molecule has 2 amide bonds. The van der Waals surface area contributed by atoms with Gasteiger partial charge in [-0.2, -0.15) is 0 Å². The molecular weight excluding hydrogens is 523 g/mol. The van der Waals surface area contributed by atoms with Crippen LogP contribution >= 0.6 is 11.8 Å². The van der Waals surface area contributed by atoms with E-state index in [0.717, 1.165) is 67.1 Å². The van der Waals surface area contributed by atoms with E-state index in [1.165, 1.54) is 18.2 Å². The smallest absolute Gasteiger partial charge is 0.324 e. The summed E-state index contributed by atoms with van der Waals surface area (Å²) in [5.74, 6) is -0.882. The van der Waals surface area contributed by atoms with Gasteiger partial charge >= 0.3 is 6.03 Å². The Labute approximate surface area is 231 Å². The van der Waals surface area contributed by atoms with Crippen molar-refractivity contribution < 1.29 is 18.0 Å². The van der Waals surface area contributed by atoms with Gasteiger partial charge in [-0.05, 0) is 73.6 Å². The van der Waals surface area contributed by atoms with E-state index in [1.807, 2.05) is 28.3 Å². The molecule has 0 aliphatic carbocycles. The Morgan fingerprint density at radius 1 is 1.00 bits per heavy atom. The first-order valence-corrected chi connectivity index (χ1v) is 14.4. The number of hydrogen-bond donors (Lipinski definition) is 1. The summed E-state index contributed by atoms with van der Waals surface area (Å²) in [6, 6.07) is 10.1. The van der Waals surface area contributed by atoms with Crippen molar-refractivity contribution in [3.05, 3.63) is 77.4 Å². The van der Waals surface area contributed by atoms with Crippen LogP contribution < -0.4 is 5.43 Å². The molecule has 0 radical (unpaired) electrons. The Hall–Kier alpha value is -2.98. The zero-order valence-corrected chi connectivity index (χ0v) is 23.1. The number of likely N-dealkylation sites (tertiary alicyclic amines) is 1. The van der Waals surface area contributed by atoms with Crippen molar-refractivity contribution >= 4 is 17.8 Å². The van der Waals surface area contributed by atoms with Gasteiger partial charge in [0.05, 0.1) is 11.9 Å². The van der Waals surface area contributed by atoms with Crippen LogP contribution in [0.2, 0.25) is 0 Å². The fourth-order valence-corrected chi connectivity index (χ4v) is 6.46. The zero-order valence-electron chi connectivity index (χ0n) is 22.3. The van der Waals surface area contributed by atoms with Crippen LogP contribution in [0.3, 0.4) is 0 Å². The minimum atomic E-state index is -0.900. The summed E-state index contributed by atoms with van der Waals surface area (Å²) in [7, 11) is 0. The number of thioether (sulfide) groups is 1. The highest BCUT2D eigenvalue weighted by molar-refractivity contribution is 7.99. The Morgan fingerprint density at radius 2 is 1.69 bits per heavy atom. The molecule has 0 bridgehead atoms. The first-order valence-electron chi connectivity index (χ1n) is 13.5. The predicted molar refractivity (Wildman–Crippen MR) is 146 cm³/mol. The summed E-state index contributed by atoms with van der Waals surface area (Å²) in [6.07, 6.45) is 5.81. The summed E-state index contributed by atoms with van der Waals surface area (Å²) >= 11 is 1.62. The number of nitrogens with zero attached hydrogens (tertiary/aromatic N) is 4. The lowest BCUT2D eigenvalue weighted by molar-refractivity contribution is 0.143. The van der Waals surface area contributed by atoms with Crippen molar-refractivity contribution in [3.8, 4) is 5.69 Å². The predicted octanol–water partition coefficient (Wildman–Crippen LogP) is 6.14. The van der Waals surface area contributed by atoms with Gasteiger partial charge in [0.15, 0.2) is 16.8 Å². The molecule has 2 fully saturated rings. The van der Waals surface area contributed by atoms with Crippen LogP contribution in [-0.2, 0) is 5.41 Å². The number of urea groups is 1. The molecule has 10 heteroatoms. The van der Waals surface area contributed by atoms with Crippen molar-refractivity contribution in [1.29, 1.82) is 0 Å². The zero-order chi connectivity index (χ0) is 27.6. The van der Waals surface area contributed by atoms with Crippen molar-refractivity contribution in [2.45, 2.75) is 50.1 Å². The molecule has 6 nitrogen and oxygen atoms in total. The number of hydrogen-bond acceptors (Lipinski definition) is 4. The van der Waals surface area contributed by atoms with Gasteiger partial charge in [-0.25, -0.2) is 28.0 Å². The SMILES string of the molecule is CC(C)(c1ccc(F)c(F)c1)c1cnc(SCC2CCN(C(=O)NN3CCCC3)CC2)n1-c1ccc(F)cc1. The maximum atomic E-state index is 14.1. The van der Waals surface area contributed by atoms with E-state index in [4.69, 9.17) is 4.98 Å². The summed E-state index contributed by atoms with van der Waals surface area (Å²) in [6.45, 7) is 7.13. The van der Waals surface area contributed by atoms with E-state index < -0.39 is 17.0 Å². The normalized spacial score (nSPS) is 17.1. The molecule has 3 aromatic rings. The molecule has 0 saturated carbocycles. The van der Waals surface area contributed by atoms with Gasteiger partial charge in [-0.15, -0.1) is 0 Å². The number of piperidine rings is 1. The lowest BCUT2D eigenvalue weighted by Gasteiger charge is -2.33. The molecule has 1 N–H and O–H groups in total. The standard InChI is InChI=1S/C29H34F3N5OS/c1-29(2,21-5-10-24(31)25(32)17-21)26-18-33-28(37(26)23-8-6-22(30)7-9-23)39-19-20-11-15-35(16-12-20)27(38)34-36-13-3-4-14-36/h5-10,17-18,20H,3-4,11-16,19H2,1-2H3,(H,34,38). The van der Waals surface area contributed by atoms with Gasteiger partial charge in [0, 0.05) is 43.0 Å². The molecule has 2 aromatic carbocycles. The number of halogens is 3. The minimum absolute atomic E-state index is 0.0149. The second kappa shape index (κ2) is 11.6. The molecule has 3 heterocycles. The Balaban J connectivity index is 1.31. The topological polar surface area (TPSA) is 53.4 Å². The molecule has 5 rings (SSSR count). The van der Waals surface area contributed by atoms with Crippen LogP contribution in [0.4, 0.5) is 18.0 Å². The number of hydrazine groups is 1.